The largest absolute Gasteiger partial charge is 0.329 e. The number of hydrogen-bond donors (Lipinski definition) is 1. The molecule has 1 aromatic carbocycles. The van der Waals surface area contributed by atoms with Crippen molar-refractivity contribution in [2.75, 3.05) is 6.54 Å². The first-order valence-corrected chi connectivity index (χ1v) is 8.00. The second kappa shape index (κ2) is 6.22. The second-order valence-electron chi connectivity index (χ2n) is 5.40. The summed E-state index contributed by atoms with van der Waals surface area (Å²) in [6.07, 6.45) is 2.19. The van der Waals surface area contributed by atoms with Crippen LogP contribution in [0.2, 0.25) is 0 Å². The van der Waals surface area contributed by atoms with E-state index < -0.39 is 5.82 Å². The summed E-state index contributed by atoms with van der Waals surface area (Å²) in [6, 6.07) is 7.81. The molecule has 5 heteroatoms. The average Bonchev–Trinajstić information content (AvgIpc) is 3.19. The number of nitrogens with zero attached hydrogens (tertiary/aromatic N) is 1. The molecule has 1 aliphatic carbocycles. The molecule has 1 aromatic heterocycles. The Balaban J connectivity index is 1.89. The molecule has 0 aliphatic heterocycles. The van der Waals surface area contributed by atoms with Crippen LogP contribution in [-0.4, -0.2) is 17.5 Å². The second-order valence-corrected chi connectivity index (χ2v) is 6.43. The Bertz CT molecular complexity index is 596. The van der Waals surface area contributed by atoms with E-state index in [-0.39, 0.29) is 18.4 Å². The highest BCUT2D eigenvalue weighted by Crippen LogP contribution is 2.36. The van der Waals surface area contributed by atoms with E-state index in [1.807, 2.05) is 11.4 Å². The first-order chi connectivity index (χ1) is 10.2. The summed E-state index contributed by atoms with van der Waals surface area (Å²) >= 11 is 1.68. The lowest BCUT2D eigenvalue weighted by atomic mass is 10.0. The predicted molar refractivity (Wildman–Crippen MR) is 81.0 cm³/mol. The van der Waals surface area contributed by atoms with Gasteiger partial charge in [0.2, 0.25) is 0 Å². The Kier molecular flexibility index (Phi) is 4.33. The summed E-state index contributed by atoms with van der Waals surface area (Å²) in [7, 11) is 0. The van der Waals surface area contributed by atoms with E-state index in [1.165, 1.54) is 17.0 Å². The van der Waals surface area contributed by atoms with Crippen molar-refractivity contribution in [1.82, 2.24) is 4.90 Å². The molecule has 1 fully saturated rings. The fourth-order valence-electron chi connectivity index (χ4n) is 2.69. The predicted octanol–water partition coefficient (Wildman–Crippen LogP) is 3.69. The van der Waals surface area contributed by atoms with Gasteiger partial charge in [0.05, 0.1) is 6.04 Å². The molecule has 1 heterocycles. The van der Waals surface area contributed by atoms with Gasteiger partial charge in [0, 0.05) is 29.6 Å². The van der Waals surface area contributed by atoms with Gasteiger partial charge in [-0.15, -0.1) is 11.3 Å². The van der Waals surface area contributed by atoms with Gasteiger partial charge in [-0.1, -0.05) is 6.07 Å². The highest BCUT2D eigenvalue weighted by molar-refractivity contribution is 7.09. The zero-order valence-corrected chi connectivity index (χ0v) is 12.5. The van der Waals surface area contributed by atoms with Crippen LogP contribution in [0.15, 0.2) is 35.7 Å². The Morgan fingerprint density at radius 1 is 1.29 bits per heavy atom. The number of thiophene rings is 1. The molecule has 1 saturated carbocycles. The maximum absolute atomic E-state index is 14.1. The van der Waals surface area contributed by atoms with Gasteiger partial charge >= 0.3 is 0 Å². The first kappa shape index (κ1) is 14.6. The zero-order valence-electron chi connectivity index (χ0n) is 11.6. The highest BCUT2D eigenvalue weighted by atomic mass is 32.1. The van der Waals surface area contributed by atoms with Crippen molar-refractivity contribution in [2.24, 2.45) is 5.73 Å². The molecule has 2 aromatic rings. The average molecular weight is 308 g/mol. The molecule has 0 radical (unpaired) electrons. The standard InChI is InChI=1S/C16H18F2N2S/c17-11-3-6-15(18)14(8-11)16(9-19)20(12-4-5-12)10-13-2-1-7-21-13/h1-3,6-8,12,16H,4-5,9-10,19H2. The van der Waals surface area contributed by atoms with Crippen LogP contribution in [0, 0.1) is 11.6 Å². The molecule has 3 rings (SSSR count). The third kappa shape index (κ3) is 3.31. The number of nitrogens with two attached hydrogens (primary N) is 1. The van der Waals surface area contributed by atoms with Crippen molar-refractivity contribution in [1.29, 1.82) is 0 Å². The topological polar surface area (TPSA) is 29.3 Å². The summed E-state index contributed by atoms with van der Waals surface area (Å²) in [6.45, 7) is 1.02. The van der Waals surface area contributed by atoms with Gasteiger partial charge in [-0.05, 0) is 42.5 Å². The lowest BCUT2D eigenvalue weighted by Crippen LogP contribution is -2.35. The SMILES string of the molecule is NCC(c1cc(F)ccc1F)N(Cc1cccs1)C1CC1. The molecule has 0 bridgehead atoms. The van der Waals surface area contributed by atoms with Gasteiger partial charge in [-0.25, -0.2) is 8.78 Å². The Morgan fingerprint density at radius 2 is 2.10 bits per heavy atom. The number of benzene rings is 1. The van der Waals surface area contributed by atoms with Crippen LogP contribution in [0.4, 0.5) is 8.78 Å². The Labute approximate surface area is 127 Å². The smallest absolute Gasteiger partial charge is 0.128 e. The van der Waals surface area contributed by atoms with Gasteiger partial charge in [0.1, 0.15) is 11.6 Å². The molecule has 0 amide bonds. The molecule has 2 N–H and O–H groups in total. The summed E-state index contributed by atoms with van der Waals surface area (Å²) < 4.78 is 27.6. The molecule has 0 saturated heterocycles. The van der Waals surface area contributed by atoms with E-state index >= 15 is 0 Å². The van der Waals surface area contributed by atoms with Gasteiger partial charge in [-0.2, -0.15) is 0 Å². The molecule has 1 atom stereocenters. The van der Waals surface area contributed by atoms with Crippen LogP contribution in [0.25, 0.3) is 0 Å². The Morgan fingerprint density at radius 3 is 2.71 bits per heavy atom. The van der Waals surface area contributed by atoms with E-state index in [4.69, 9.17) is 5.73 Å². The zero-order chi connectivity index (χ0) is 14.8. The number of rotatable bonds is 6. The highest BCUT2D eigenvalue weighted by Gasteiger charge is 2.35. The monoisotopic (exact) mass is 308 g/mol. The third-order valence-electron chi connectivity index (χ3n) is 3.88. The van der Waals surface area contributed by atoms with Crippen LogP contribution in [-0.2, 0) is 6.54 Å². The van der Waals surface area contributed by atoms with E-state index in [0.29, 0.717) is 11.6 Å². The summed E-state index contributed by atoms with van der Waals surface area (Å²) in [5, 5.41) is 2.03. The van der Waals surface area contributed by atoms with Gasteiger partial charge in [-0.3, -0.25) is 4.90 Å². The van der Waals surface area contributed by atoms with Crippen molar-refractivity contribution >= 4 is 11.3 Å². The van der Waals surface area contributed by atoms with Crippen LogP contribution in [0.3, 0.4) is 0 Å². The lowest BCUT2D eigenvalue weighted by Gasteiger charge is -2.31. The van der Waals surface area contributed by atoms with Gasteiger partial charge < -0.3 is 5.73 Å². The fraction of sp³-hybridized carbons (Fsp3) is 0.375. The van der Waals surface area contributed by atoms with Crippen molar-refractivity contribution < 1.29 is 8.78 Å². The number of halogens is 2. The molecular formula is C16H18F2N2S. The van der Waals surface area contributed by atoms with Crippen molar-refractivity contribution in [3.05, 3.63) is 57.8 Å². The Hall–Kier alpha value is -1.30. The summed E-state index contributed by atoms with van der Waals surface area (Å²) in [5.41, 5.74) is 6.25. The third-order valence-corrected chi connectivity index (χ3v) is 4.74. The van der Waals surface area contributed by atoms with Gasteiger partial charge in [0.15, 0.2) is 0 Å². The maximum Gasteiger partial charge on any atom is 0.128 e. The normalized spacial score (nSPS) is 16.4. The van der Waals surface area contributed by atoms with Gasteiger partial charge in [0.25, 0.3) is 0 Å². The molecule has 1 unspecified atom stereocenters. The summed E-state index contributed by atoms with van der Waals surface area (Å²) in [4.78, 5) is 3.43. The van der Waals surface area contributed by atoms with Crippen LogP contribution < -0.4 is 5.73 Å². The minimum atomic E-state index is -0.420. The lowest BCUT2D eigenvalue weighted by molar-refractivity contribution is 0.179. The van der Waals surface area contributed by atoms with Crippen molar-refractivity contribution in [2.45, 2.75) is 31.5 Å². The molecule has 2 nitrogen and oxygen atoms in total. The molecule has 21 heavy (non-hydrogen) atoms. The van der Waals surface area contributed by atoms with Crippen molar-refractivity contribution in [3.63, 3.8) is 0 Å². The van der Waals surface area contributed by atoms with Crippen LogP contribution >= 0.6 is 11.3 Å². The molecular weight excluding hydrogens is 290 g/mol. The minimum absolute atomic E-state index is 0.280. The molecule has 0 spiro atoms. The fourth-order valence-corrected chi connectivity index (χ4v) is 3.41. The van der Waals surface area contributed by atoms with E-state index in [0.717, 1.165) is 25.5 Å². The molecule has 112 valence electrons. The molecule has 1 aliphatic rings. The van der Waals surface area contributed by atoms with E-state index in [9.17, 15) is 8.78 Å². The van der Waals surface area contributed by atoms with Crippen LogP contribution in [0.1, 0.15) is 29.3 Å². The maximum atomic E-state index is 14.1. The van der Waals surface area contributed by atoms with Crippen LogP contribution in [0.5, 0.6) is 0 Å². The van der Waals surface area contributed by atoms with E-state index in [1.54, 1.807) is 11.3 Å². The van der Waals surface area contributed by atoms with Crippen molar-refractivity contribution in [3.8, 4) is 0 Å². The quantitative estimate of drug-likeness (QED) is 0.882. The van der Waals surface area contributed by atoms with E-state index in [2.05, 4.69) is 11.0 Å². The summed E-state index contributed by atoms with van der Waals surface area (Å²) in [5.74, 6) is -0.805. The number of hydrogen-bond acceptors (Lipinski definition) is 3. The minimum Gasteiger partial charge on any atom is -0.329 e. The first-order valence-electron chi connectivity index (χ1n) is 7.12.